The molecule has 2 atom stereocenters. The number of amides is 3. The molecule has 1 aliphatic carbocycles. The van der Waals surface area contributed by atoms with Gasteiger partial charge in [0.2, 0.25) is 17.8 Å². The number of alkyl halides is 5. The summed E-state index contributed by atoms with van der Waals surface area (Å²) in [5.74, 6) is -6.49. The summed E-state index contributed by atoms with van der Waals surface area (Å²) < 4.78 is 70.8. The molecule has 1 aromatic heterocycles. The van der Waals surface area contributed by atoms with Crippen LogP contribution < -0.4 is 19.9 Å². The van der Waals surface area contributed by atoms with E-state index in [-0.39, 0.29) is 40.8 Å². The third kappa shape index (κ3) is 6.96. The van der Waals surface area contributed by atoms with Gasteiger partial charge in [-0.3, -0.25) is 24.2 Å². The maximum absolute atomic E-state index is 14.5. The summed E-state index contributed by atoms with van der Waals surface area (Å²) in [5.41, 5.74) is -0.339. The van der Waals surface area contributed by atoms with Gasteiger partial charge in [-0.05, 0) is 30.7 Å². The lowest BCUT2D eigenvalue weighted by Crippen LogP contribution is -2.56. The van der Waals surface area contributed by atoms with Gasteiger partial charge >= 0.3 is 6.36 Å². The average Bonchev–Trinajstić information content (AvgIpc) is 3.35. The van der Waals surface area contributed by atoms with Crippen LogP contribution in [0.4, 0.5) is 33.6 Å². The molecule has 2 unspecified atom stereocenters. The molecule has 2 heterocycles. The van der Waals surface area contributed by atoms with E-state index in [0.29, 0.717) is 0 Å². The van der Waals surface area contributed by atoms with Gasteiger partial charge in [0.1, 0.15) is 29.6 Å². The van der Waals surface area contributed by atoms with E-state index in [9.17, 15) is 41.6 Å². The highest BCUT2D eigenvalue weighted by atomic mass is 35.5. The number of halogens is 6. The zero-order valence-electron chi connectivity index (χ0n) is 23.0. The van der Waals surface area contributed by atoms with Gasteiger partial charge in [-0.25, -0.2) is 18.7 Å². The van der Waals surface area contributed by atoms with Gasteiger partial charge in [-0.1, -0.05) is 35.9 Å². The number of nitrogens with one attached hydrogen (secondary N) is 1. The first-order valence-electron chi connectivity index (χ1n) is 13.4. The van der Waals surface area contributed by atoms with E-state index in [1.165, 1.54) is 42.6 Å². The van der Waals surface area contributed by atoms with Gasteiger partial charge in [0.05, 0.1) is 0 Å². The predicted molar refractivity (Wildman–Crippen MR) is 148 cm³/mol. The molecule has 0 bridgehead atoms. The van der Waals surface area contributed by atoms with Crippen LogP contribution >= 0.6 is 11.6 Å². The molecule has 0 radical (unpaired) electrons. The van der Waals surface area contributed by atoms with Crippen LogP contribution in [-0.2, 0) is 14.4 Å². The number of rotatable bonds is 8. The van der Waals surface area contributed by atoms with Gasteiger partial charge in [0.25, 0.3) is 11.8 Å². The van der Waals surface area contributed by atoms with Crippen molar-refractivity contribution in [3.05, 3.63) is 77.1 Å². The highest BCUT2D eigenvalue weighted by Gasteiger charge is 2.49. The summed E-state index contributed by atoms with van der Waals surface area (Å²) in [5, 5.41) is 11.8. The van der Waals surface area contributed by atoms with E-state index in [0.717, 1.165) is 28.0 Å². The fourth-order valence-electron chi connectivity index (χ4n) is 5.23. The van der Waals surface area contributed by atoms with Crippen molar-refractivity contribution >= 4 is 41.0 Å². The van der Waals surface area contributed by atoms with Crippen LogP contribution in [0.3, 0.4) is 0 Å². The van der Waals surface area contributed by atoms with Crippen LogP contribution in [0.2, 0.25) is 5.02 Å². The number of carbonyl (C=O) groups is 3. The van der Waals surface area contributed by atoms with Crippen molar-refractivity contribution in [2.24, 2.45) is 0 Å². The molecule has 2 fully saturated rings. The quantitative estimate of drug-likeness (QED) is 0.337. The van der Waals surface area contributed by atoms with Crippen LogP contribution in [-0.4, -0.2) is 52.1 Å². The number of hydrogen-bond donors (Lipinski definition) is 1. The Hall–Kier alpha value is -4.84. The summed E-state index contributed by atoms with van der Waals surface area (Å²) in [7, 11) is 0. The molecular weight excluding hydrogens is 627 g/mol. The lowest BCUT2D eigenvalue weighted by atomic mass is 9.87. The maximum atomic E-state index is 14.5. The molecule has 16 heteroatoms. The second-order valence-corrected chi connectivity index (χ2v) is 10.7. The van der Waals surface area contributed by atoms with Crippen LogP contribution in [0.25, 0.3) is 0 Å². The number of ether oxygens (including phenoxy) is 1. The van der Waals surface area contributed by atoms with Crippen LogP contribution in [0, 0.1) is 11.3 Å². The summed E-state index contributed by atoms with van der Waals surface area (Å²) in [6, 6.07) is 9.13. The molecule has 1 saturated heterocycles. The SMILES string of the molecule is N#Cc1ccnc(N2C(=O)CCC2C(=O)N(c2cccc(OC(F)(F)F)c2)C(C(=O)NC2CC(F)(F)C2)c2ccccc2Cl)n1. The van der Waals surface area contributed by atoms with Crippen LogP contribution in [0.5, 0.6) is 5.75 Å². The van der Waals surface area contributed by atoms with Gasteiger partial charge < -0.3 is 10.1 Å². The van der Waals surface area contributed by atoms with Gasteiger partial charge in [-0.2, -0.15) is 5.26 Å². The summed E-state index contributed by atoms with van der Waals surface area (Å²) >= 11 is 6.46. The smallest absolute Gasteiger partial charge is 0.406 e. The van der Waals surface area contributed by atoms with Crippen molar-refractivity contribution in [1.82, 2.24) is 15.3 Å². The number of anilines is 2. The van der Waals surface area contributed by atoms with Crippen molar-refractivity contribution in [2.45, 2.75) is 56.1 Å². The molecule has 45 heavy (non-hydrogen) atoms. The lowest BCUT2D eigenvalue weighted by Gasteiger charge is -2.39. The Morgan fingerprint density at radius 1 is 1.16 bits per heavy atom. The third-order valence-electron chi connectivity index (χ3n) is 7.18. The lowest BCUT2D eigenvalue weighted by molar-refractivity contribution is -0.274. The fourth-order valence-corrected chi connectivity index (χ4v) is 5.47. The highest BCUT2D eigenvalue weighted by molar-refractivity contribution is 6.31. The van der Waals surface area contributed by atoms with Gasteiger partial charge in [0.15, 0.2) is 0 Å². The molecular formula is C29H22ClF5N6O4. The monoisotopic (exact) mass is 648 g/mol. The zero-order valence-corrected chi connectivity index (χ0v) is 23.7. The predicted octanol–water partition coefficient (Wildman–Crippen LogP) is 5.08. The molecule has 3 aromatic rings. The first-order chi connectivity index (χ1) is 21.3. The standard InChI is InChI=1S/C29H22ClF5N6O4/c30-21-7-2-1-6-20(21)24(25(43)38-17-13-28(31,32)14-17)40(18-4-3-5-19(12-18)45-29(33,34)35)26(44)22-8-9-23(42)41(22)27-37-11-10-16(15-36)39-27/h1-7,10-12,17,22,24H,8-9,13-14H2,(H,38,43). The number of nitrogens with zero attached hydrogens (tertiary/aromatic N) is 5. The topological polar surface area (TPSA) is 129 Å². The molecule has 2 aromatic carbocycles. The van der Waals surface area contributed by atoms with Crippen molar-refractivity contribution < 1.29 is 41.1 Å². The Morgan fingerprint density at radius 2 is 1.89 bits per heavy atom. The summed E-state index contributed by atoms with van der Waals surface area (Å²) in [6.45, 7) is 0. The van der Waals surface area contributed by atoms with Gasteiger partial charge in [-0.15, -0.1) is 13.2 Å². The molecule has 10 nitrogen and oxygen atoms in total. The number of carbonyl (C=O) groups excluding carboxylic acids is 3. The fraction of sp³-hybridized carbons (Fsp3) is 0.310. The maximum Gasteiger partial charge on any atom is 0.573 e. The number of nitriles is 1. The van der Waals surface area contributed by atoms with E-state index in [4.69, 9.17) is 11.6 Å². The van der Waals surface area contributed by atoms with Crippen molar-refractivity contribution in [2.75, 3.05) is 9.80 Å². The molecule has 2 aliphatic rings. The molecule has 234 valence electrons. The summed E-state index contributed by atoms with van der Waals surface area (Å²) in [6.07, 6.45) is -5.48. The highest BCUT2D eigenvalue weighted by Crippen LogP contribution is 2.40. The van der Waals surface area contributed by atoms with Crippen LogP contribution in [0.1, 0.15) is 43.0 Å². The Bertz CT molecular complexity index is 1680. The minimum absolute atomic E-state index is 0.0125. The van der Waals surface area contributed by atoms with Crippen molar-refractivity contribution in [1.29, 1.82) is 5.26 Å². The first-order valence-corrected chi connectivity index (χ1v) is 13.8. The molecule has 5 rings (SSSR count). The van der Waals surface area contributed by atoms with E-state index in [1.807, 2.05) is 6.07 Å². The minimum Gasteiger partial charge on any atom is -0.406 e. The van der Waals surface area contributed by atoms with E-state index in [2.05, 4.69) is 20.0 Å². The van der Waals surface area contributed by atoms with Crippen LogP contribution in [0.15, 0.2) is 60.8 Å². The van der Waals surface area contributed by atoms with Crippen molar-refractivity contribution in [3.63, 3.8) is 0 Å². The molecule has 0 spiro atoms. The third-order valence-corrected chi connectivity index (χ3v) is 7.52. The molecule has 3 amide bonds. The first kappa shape index (κ1) is 31.6. The largest absolute Gasteiger partial charge is 0.573 e. The normalized spacial score (nSPS) is 18.5. The minimum atomic E-state index is -5.10. The Labute approximate surface area is 257 Å². The van der Waals surface area contributed by atoms with E-state index < -0.39 is 66.7 Å². The molecule has 1 N–H and O–H groups in total. The second-order valence-electron chi connectivity index (χ2n) is 10.3. The number of aromatic nitrogens is 2. The molecule has 1 saturated carbocycles. The Balaban J connectivity index is 1.64. The number of benzene rings is 2. The average molecular weight is 649 g/mol. The van der Waals surface area contributed by atoms with Gasteiger partial charge in [0, 0.05) is 53.8 Å². The van der Waals surface area contributed by atoms with E-state index in [1.54, 1.807) is 0 Å². The second kappa shape index (κ2) is 12.3. The Kier molecular flexibility index (Phi) is 8.61. The molecule has 1 aliphatic heterocycles. The summed E-state index contributed by atoms with van der Waals surface area (Å²) in [4.78, 5) is 51.3. The van der Waals surface area contributed by atoms with Crippen molar-refractivity contribution in [3.8, 4) is 11.8 Å². The Morgan fingerprint density at radius 3 is 2.56 bits per heavy atom. The van der Waals surface area contributed by atoms with E-state index >= 15 is 0 Å². The number of hydrogen-bond acceptors (Lipinski definition) is 7. The zero-order chi connectivity index (χ0) is 32.5.